The minimum atomic E-state index is -0.582. The molecule has 8 nitrogen and oxygen atoms in total. The summed E-state index contributed by atoms with van der Waals surface area (Å²) >= 11 is 2.49. The summed E-state index contributed by atoms with van der Waals surface area (Å²) in [5, 5.41) is 14.1. The van der Waals surface area contributed by atoms with Gasteiger partial charge in [-0.3, -0.25) is 14.2 Å². The van der Waals surface area contributed by atoms with Crippen LogP contribution in [0.15, 0.2) is 71.2 Å². The SMILES string of the molecule is COc1cccc(-c2nnc(SCC(=O)Nc3sccc3C(N)=O)n2-c2ccccc2)c1. The number of carbonyl (C=O) groups excluding carboxylic acids is 2. The van der Waals surface area contributed by atoms with Crippen LogP contribution in [0.1, 0.15) is 10.4 Å². The van der Waals surface area contributed by atoms with Gasteiger partial charge in [0.1, 0.15) is 10.8 Å². The summed E-state index contributed by atoms with van der Waals surface area (Å²) in [6, 6.07) is 18.8. The fourth-order valence-electron chi connectivity index (χ4n) is 3.02. The molecule has 2 aromatic heterocycles. The Balaban J connectivity index is 1.60. The Labute approximate surface area is 192 Å². The smallest absolute Gasteiger partial charge is 0.251 e. The maximum atomic E-state index is 12.5. The summed E-state index contributed by atoms with van der Waals surface area (Å²) in [4.78, 5) is 24.0. The number of para-hydroxylation sites is 1. The average molecular weight is 466 g/mol. The first-order chi connectivity index (χ1) is 15.6. The van der Waals surface area contributed by atoms with E-state index >= 15 is 0 Å². The molecule has 0 saturated carbocycles. The highest BCUT2D eigenvalue weighted by molar-refractivity contribution is 7.99. The number of hydrogen-bond donors (Lipinski definition) is 2. The molecule has 2 amide bonds. The van der Waals surface area contributed by atoms with Crippen LogP contribution in [0, 0.1) is 0 Å². The fourth-order valence-corrected chi connectivity index (χ4v) is 4.58. The van der Waals surface area contributed by atoms with Crippen LogP contribution < -0.4 is 15.8 Å². The van der Waals surface area contributed by atoms with E-state index in [4.69, 9.17) is 10.5 Å². The molecule has 0 spiro atoms. The number of methoxy groups -OCH3 is 1. The summed E-state index contributed by atoms with van der Waals surface area (Å²) in [6.45, 7) is 0. The Kier molecular flexibility index (Phi) is 6.52. The van der Waals surface area contributed by atoms with Crippen molar-refractivity contribution < 1.29 is 14.3 Å². The molecule has 0 unspecified atom stereocenters. The van der Waals surface area contributed by atoms with Crippen LogP contribution in [0.5, 0.6) is 5.75 Å². The summed E-state index contributed by atoms with van der Waals surface area (Å²) in [5.41, 5.74) is 7.34. The molecular formula is C22H19N5O3S2. The molecule has 0 bridgehead atoms. The number of ether oxygens (including phenoxy) is 1. The van der Waals surface area contributed by atoms with E-state index in [0.29, 0.717) is 27.3 Å². The monoisotopic (exact) mass is 465 g/mol. The van der Waals surface area contributed by atoms with E-state index < -0.39 is 5.91 Å². The molecule has 4 rings (SSSR count). The molecule has 3 N–H and O–H groups in total. The molecule has 0 aliphatic heterocycles. The largest absolute Gasteiger partial charge is 0.497 e. The van der Waals surface area contributed by atoms with E-state index in [1.807, 2.05) is 59.2 Å². The number of thioether (sulfide) groups is 1. The third-order valence-corrected chi connectivity index (χ3v) is 6.25. The molecule has 0 radical (unpaired) electrons. The van der Waals surface area contributed by atoms with Crippen molar-refractivity contribution in [2.45, 2.75) is 5.16 Å². The number of amides is 2. The maximum Gasteiger partial charge on any atom is 0.251 e. The van der Waals surface area contributed by atoms with Gasteiger partial charge in [0.15, 0.2) is 11.0 Å². The molecule has 32 heavy (non-hydrogen) atoms. The molecule has 0 saturated heterocycles. The van der Waals surface area contributed by atoms with Crippen LogP contribution in [0.3, 0.4) is 0 Å². The zero-order chi connectivity index (χ0) is 22.5. The molecule has 2 heterocycles. The second kappa shape index (κ2) is 9.67. The van der Waals surface area contributed by atoms with E-state index in [1.54, 1.807) is 18.6 Å². The lowest BCUT2D eigenvalue weighted by Crippen LogP contribution is -2.18. The number of nitrogens with one attached hydrogen (secondary N) is 1. The number of thiophene rings is 1. The van der Waals surface area contributed by atoms with Gasteiger partial charge in [-0.25, -0.2) is 0 Å². The molecule has 2 aromatic carbocycles. The number of carbonyl (C=O) groups is 2. The maximum absolute atomic E-state index is 12.5. The topological polar surface area (TPSA) is 112 Å². The molecule has 0 aliphatic rings. The number of hydrogen-bond acceptors (Lipinski definition) is 7. The summed E-state index contributed by atoms with van der Waals surface area (Å²) in [6.07, 6.45) is 0. The Hall–Kier alpha value is -3.63. The third kappa shape index (κ3) is 4.66. The number of aromatic nitrogens is 3. The van der Waals surface area contributed by atoms with Gasteiger partial charge in [-0.05, 0) is 35.7 Å². The van der Waals surface area contributed by atoms with Gasteiger partial charge in [-0.15, -0.1) is 21.5 Å². The van der Waals surface area contributed by atoms with E-state index in [0.717, 1.165) is 11.3 Å². The number of nitrogens with zero attached hydrogens (tertiary/aromatic N) is 3. The van der Waals surface area contributed by atoms with Crippen molar-refractivity contribution in [2.24, 2.45) is 5.73 Å². The first-order valence-corrected chi connectivity index (χ1v) is 11.4. The standard InChI is InChI=1S/C22H19N5O3S2/c1-30-16-9-5-6-14(12-16)20-25-26-22(27(20)15-7-3-2-4-8-15)32-13-18(28)24-21-17(19(23)29)10-11-31-21/h2-12H,13H2,1H3,(H2,23,29)(H,24,28). The predicted molar refractivity (Wildman–Crippen MR) is 126 cm³/mol. The van der Waals surface area contributed by atoms with Gasteiger partial charge in [-0.1, -0.05) is 42.1 Å². The highest BCUT2D eigenvalue weighted by Crippen LogP contribution is 2.30. The van der Waals surface area contributed by atoms with Gasteiger partial charge < -0.3 is 15.8 Å². The number of anilines is 1. The lowest BCUT2D eigenvalue weighted by Gasteiger charge is -2.11. The van der Waals surface area contributed by atoms with Crippen molar-refractivity contribution >= 4 is 39.9 Å². The summed E-state index contributed by atoms with van der Waals surface area (Å²) < 4.78 is 7.23. The van der Waals surface area contributed by atoms with E-state index in [1.165, 1.54) is 23.1 Å². The third-order valence-electron chi connectivity index (χ3n) is 4.49. The van der Waals surface area contributed by atoms with Gasteiger partial charge in [0.05, 0.1) is 18.4 Å². The number of benzene rings is 2. The van der Waals surface area contributed by atoms with Gasteiger partial charge in [0.25, 0.3) is 5.91 Å². The predicted octanol–water partition coefficient (Wildman–Crippen LogP) is 3.83. The van der Waals surface area contributed by atoms with Gasteiger partial charge in [0, 0.05) is 11.3 Å². The van der Waals surface area contributed by atoms with Crippen molar-refractivity contribution in [3.8, 4) is 22.8 Å². The first-order valence-electron chi connectivity index (χ1n) is 9.52. The fraction of sp³-hybridized carbons (Fsp3) is 0.0909. The number of rotatable bonds is 8. The van der Waals surface area contributed by atoms with Crippen molar-refractivity contribution in [3.63, 3.8) is 0 Å². The molecule has 0 fully saturated rings. The lowest BCUT2D eigenvalue weighted by atomic mass is 10.2. The minimum absolute atomic E-state index is 0.0825. The van der Waals surface area contributed by atoms with Gasteiger partial charge >= 0.3 is 0 Å². The quantitative estimate of drug-likeness (QED) is 0.383. The Bertz CT molecular complexity index is 1250. The Morgan fingerprint density at radius 1 is 1.12 bits per heavy atom. The normalized spacial score (nSPS) is 10.7. The number of primary amides is 1. The van der Waals surface area contributed by atoms with E-state index in [-0.39, 0.29) is 11.7 Å². The van der Waals surface area contributed by atoms with Crippen LogP contribution in [-0.2, 0) is 4.79 Å². The molecular weight excluding hydrogens is 446 g/mol. The van der Waals surface area contributed by atoms with Gasteiger partial charge in [-0.2, -0.15) is 0 Å². The number of nitrogens with two attached hydrogens (primary N) is 1. The second-order valence-corrected chi connectivity index (χ2v) is 8.43. The molecule has 162 valence electrons. The van der Waals surface area contributed by atoms with E-state index in [9.17, 15) is 9.59 Å². The van der Waals surface area contributed by atoms with Crippen LogP contribution >= 0.6 is 23.1 Å². The highest BCUT2D eigenvalue weighted by Gasteiger charge is 2.19. The first kappa shape index (κ1) is 21.6. The highest BCUT2D eigenvalue weighted by atomic mass is 32.2. The Morgan fingerprint density at radius 2 is 1.94 bits per heavy atom. The average Bonchev–Trinajstić information content (AvgIpc) is 3.45. The lowest BCUT2D eigenvalue weighted by molar-refractivity contribution is -0.113. The van der Waals surface area contributed by atoms with E-state index in [2.05, 4.69) is 15.5 Å². The molecule has 4 aromatic rings. The zero-order valence-corrected chi connectivity index (χ0v) is 18.7. The van der Waals surface area contributed by atoms with Crippen LogP contribution in [-0.4, -0.2) is 39.4 Å². The van der Waals surface area contributed by atoms with Crippen LogP contribution in [0.2, 0.25) is 0 Å². The van der Waals surface area contributed by atoms with Crippen LogP contribution in [0.4, 0.5) is 5.00 Å². The van der Waals surface area contributed by atoms with Crippen molar-refractivity contribution in [3.05, 3.63) is 71.6 Å². The van der Waals surface area contributed by atoms with Crippen molar-refractivity contribution in [1.29, 1.82) is 0 Å². The summed E-state index contributed by atoms with van der Waals surface area (Å²) in [5.74, 6) is 0.567. The molecule has 10 heteroatoms. The zero-order valence-electron chi connectivity index (χ0n) is 17.0. The van der Waals surface area contributed by atoms with Crippen molar-refractivity contribution in [2.75, 3.05) is 18.2 Å². The summed E-state index contributed by atoms with van der Waals surface area (Å²) in [7, 11) is 1.61. The molecule has 0 atom stereocenters. The van der Waals surface area contributed by atoms with Crippen LogP contribution in [0.25, 0.3) is 17.1 Å². The second-order valence-electron chi connectivity index (χ2n) is 6.57. The minimum Gasteiger partial charge on any atom is -0.497 e. The Morgan fingerprint density at radius 3 is 2.69 bits per heavy atom. The molecule has 0 aliphatic carbocycles. The van der Waals surface area contributed by atoms with Crippen molar-refractivity contribution in [1.82, 2.24) is 14.8 Å². The van der Waals surface area contributed by atoms with Gasteiger partial charge in [0.2, 0.25) is 5.91 Å².